The number of carbonyl (C=O) groups excluding carboxylic acids is 2. The molecule has 4 rings (SSSR count). The van der Waals surface area contributed by atoms with Crippen LogP contribution in [0.3, 0.4) is 0 Å². The van der Waals surface area contributed by atoms with Crippen molar-refractivity contribution in [1.29, 1.82) is 0 Å². The minimum atomic E-state index is -0.453. The van der Waals surface area contributed by atoms with Crippen molar-refractivity contribution in [1.82, 2.24) is 9.80 Å². The van der Waals surface area contributed by atoms with Crippen molar-refractivity contribution >= 4 is 11.8 Å². The average molecular weight is 383 g/mol. The quantitative estimate of drug-likeness (QED) is 0.817. The van der Waals surface area contributed by atoms with Crippen molar-refractivity contribution in [3.05, 3.63) is 48.0 Å². The molecule has 1 aromatic carbocycles. The summed E-state index contributed by atoms with van der Waals surface area (Å²) in [7, 11) is 0. The molecule has 3 aliphatic rings. The molecule has 0 saturated carbocycles. The highest BCUT2D eigenvalue weighted by Gasteiger charge is 2.47. The van der Waals surface area contributed by atoms with E-state index in [1.54, 1.807) is 0 Å². The van der Waals surface area contributed by atoms with Crippen molar-refractivity contribution in [3.8, 4) is 0 Å². The molecule has 28 heavy (non-hydrogen) atoms. The third-order valence-corrected chi connectivity index (χ3v) is 6.71. The van der Waals surface area contributed by atoms with Gasteiger partial charge in [-0.1, -0.05) is 42.5 Å². The molecule has 1 aliphatic carbocycles. The summed E-state index contributed by atoms with van der Waals surface area (Å²) in [5, 5.41) is 10.9. The van der Waals surface area contributed by atoms with Crippen molar-refractivity contribution in [3.63, 3.8) is 0 Å². The van der Waals surface area contributed by atoms with Crippen LogP contribution >= 0.6 is 0 Å². The van der Waals surface area contributed by atoms with Crippen LogP contribution in [0.15, 0.2) is 42.5 Å². The normalized spacial score (nSPS) is 28.1. The van der Waals surface area contributed by atoms with Crippen LogP contribution in [0.25, 0.3) is 0 Å². The Morgan fingerprint density at radius 1 is 1.04 bits per heavy atom. The van der Waals surface area contributed by atoms with E-state index in [9.17, 15) is 14.7 Å². The molecular weight excluding hydrogens is 352 g/mol. The Kier molecular flexibility index (Phi) is 5.54. The van der Waals surface area contributed by atoms with Gasteiger partial charge in [0.2, 0.25) is 11.8 Å². The van der Waals surface area contributed by atoms with E-state index < -0.39 is 6.10 Å². The monoisotopic (exact) mass is 382 g/mol. The van der Waals surface area contributed by atoms with E-state index in [1.165, 1.54) is 0 Å². The summed E-state index contributed by atoms with van der Waals surface area (Å²) >= 11 is 0. The zero-order valence-electron chi connectivity index (χ0n) is 16.4. The number of nitrogens with zero attached hydrogens (tertiary/aromatic N) is 2. The van der Waals surface area contributed by atoms with Crippen molar-refractivity contribution < 1.29 is 14.7 Å². The molecule has 1 aromatic rings. The van der Waals surface area contributed by atoms with E-state index >= 15 is 0 Å². The molecule has 2 fully saturated rings. The van der Waals surface area contributed by atoms with Crippen LogP contribution in [-0.2, 0) is 16.0 Å². The SMILES string of the molecule is O=C(Cc1ccccc1)N1CC[C@@H](O)[C@]2(CCCN(C(=O)C3CC=CC3)C2)C1. The number of amides is 2. The van der Waals surface area contributed by atoms with Crippen molar-refractivity contribution in [2.75, 3.05) is 26.2 Å². The molecule has 2 aliphatic heterocycles. The summed E-state index contributed by atoms with van der Waals surface area (Å²) in [4.78, 5) is 29.7. The lowest BCUT2D eigenvalue weighted by atomic mass is 9.71. The van der Waals surface area contributed by atoms with Gasteiger partial charge in [-0.05, 0) is 37.7 Å². The Labute approximate surface area is 167 Å². The smallest absolute Gasteiger partial charge is 0.227 e. The number of piperidine rings is 2. The maximum absolute atomic E-state index is 12.9. The van der Waals surface area contributed by atoms with Crippen LogP contribution in [0.5, 0.6) is 0 Å². The molecule has 2 heterocycles. The molecule has 1 spiro atoms. The van der Waals surface area contributed by atoms with Crippen LogP contribution in [0.4, 0.5) is 0 Å². The standard InChI is InChI=1S/C23H30N2O3/c26-20-11-14-24(21(27)15-18-7-2-1-3-8-18)16-23(20)12-6-13-25(17-23)22(28)19-9-4-5-10-19/h1-5,7-8,19-20,26H,6,9-17H2/t20-,23-/m1/s1. The predicted molar refractivity (Wildman–Crippen MR) is 107 cm³/mol. The molecule has 0 radical (unpaired) electrons. The van der Waals surface area contributed by atoms with E-state index in [1.807, 2.05) is 40.1 Å². The summed E-state index contributed by atoms with van der Waals surface area (Å²) in [6.07, 6.45) is 8.12. The fraction of sp³-hybridized carbons (Fsp3) is 0.565. The first-order chi connectivity index (χ1) is 13.6. The minimum absolute atomic E-state index is 0.0618. The number of benzene rings is 1. The highest BCUT2D eigenvalue weighted by molar-refractivity contribution is 5.80. The summed E-state index contributed by atoms with van der Waals surface area (Å²) in [6.45, 7) is 2.47. The second-order valence-corrected chi connectivity index (χ2v) is 8.65. The maximum Gasteiger partial charge on any atom is 0.227 e. The highest BCUT2D eigenvalue weighted by atomic mass is 16.3. The van der Waals surface area contributed by atoms with E-state index in [2.05, 4.69) is 12.2 Å². The average Bonchev–Trinajstić information content (AvgIpc) is 3.25. The van der Waals surface area contributed by atoms with Crippen LogP contribution in [0.1, 0.15) is 37.7 Å². The second-order valence-electron chi connectivity index (χ2n) is 8.65. The first-order valence-corrected chi connectivity index (χ1v) is 10.5. The lowest BCUT2D eigenvalue weighted by molar-refractivity contribution is -0.150. The summed E-state index contributed by atoms with van der Waals surface area (Å²) in [6, 6.07) is 9.80. The molecule has 0 unspecified atom stereocenters. The van der Waals surface area contributed by atoms with Gasteiger partial charge in [-0.25, -0.2) is 0 Å². The fourth-order valence-corrected chi connectivity index (χ4v) is 5.07. The molecule has 5 heteroatoms. The van der Waals surface area contributed by atoms with Gasteiger partial charge in [-0.2, -0.15) is 0 Å². The molecule has 2 atom stereocenters. The first kappa shape index (κ1) is 19.2. The van der Waals surface area contributed by atoms with E-state index in [0.717, 1.165) is 37.8 Å². The Balaban J connectivity index is 1.44. The van der Waals surface area contributed by atoms with Gasteiger partial charge in [0.25, 0.3) is 0 Å². The van der Waals surface area contributed by atoms with E-state index in [0.29, 0.717) is 32.5 Å². The molecule has 0 bridgehead atoms. The largest absolute Gasteiger partial charge is 0.392 e. The number of rotatable bonds is 3. The van der Waals surface area contributed by atoms with Crippen molar-refractivity contribution in [2.24, 2.45) is 11.3 Å². The first-order valence-electron chi connectivity index (χ1n) is 10.5. The van der Waals surface area contributed by atoms with E-state index in [-0.39, 0.29) is 23.1 Å². The summed E-state index contributed by atoms with van der Waals surface area (Å²) in [5.41, 5.74) is 0.631. The highest BCUT2D eigenvalue weighted by Crippen LogP contribution is 2.40. The third-order valence-electron chi connectivity index (χ3n) is 6.71. The fourth-order valence-electron chi connectivity index (χ4n) is 5.07. The lowest BCUT2D eigenvalue weighted by Gasteiger charge is -2.51. The summed E-state index contributed by atoms with van der Waals surface area (Å²) < 4.78 is 0. The zero-order chi connectivity index (χ0) is 19.6. The van der Waals surface area contributed by atoms with Gasteiger partial charge in [0.15, 0.2) is 0 Å². The summed E-state index contributed by atoms with van der Waals surface area (Å²) in [5.74, 6) is 0.386. The van der Waals surface area contributed by atoms with Crippen LogP contribution < -0.4 is 0 Å². The van der Waals surface area contributed by atoms with Gasteiger partial charge in [0.05, 0.1) is 12.5 Å². The molecule has 0 aromatic heterocycles. The lowest BCUT2D eigenvalue weighted by Crippen LogP contribution is -2.61. The number of hydrogen-bond acceptors (Lipinski definition) is 3. The Morgan fingerprint density at radius 3 is 2.50 bits per heavy atom. The predicted octanol–water partition coefficient (Wildman–Crippen LogP) is 2.40. The van der Waals surface area contributed by atoms with E-state index in [4.69, 9.17) is 0 Å². The topological polar surface area (TPSA) is 60.9 Å². The van der Waals surface area contributed by atoms with Crippen LogP contribution in [0.2, 0.25) is 0 Å². The Morgan fingerprint density at radius 2 is 1.75 bits per heavy atom. The number of aliphatic hydroxyl groups is 1. The Hall–Kier alpha value is -2.14. The minimum Gasteiger partial charge on any atom is -0.392 e. The molecular formula is C23H30N2O3. The second kappa shape index (κ2) is 8.08. The molecule has 1 N–H and O–H groups in total. The van der Waals surface area contributed by atoms with Crippen LogP contribution in [-0.4, -0.2) is 59.0 Å². The number of aliphatic hydroxyl groups excluding tert-OH is 1. The number of carbonyl (C=O) groups is 2. The number of allylic oxidation sites excluding steroid dienone is 2. The van der Waals surface area contributed by atoms with Gasteiger partial charge in [0, 0.05) is 37.5 Å². The van der Waals surface area contributed by atoms with Gasteiger partial charge in [-0.3, -0.25) is 9.59 Å². The molecule has 5 nitrogen and oxygen atoms in total. The van der Waals surface area contributed by atoms with Gasteiger partial charge in [-0.15, -0.1) is 0 Å². The molecule has 2 saturated heterocycles. The van der Waals surface area contributed by atoms with Gasteiger partial charge >= 0.3 is 0 Å². The van der Waals surface area contributed by atoms with Crippen molar-refractivity contribution in [2.45, 2.75) is 44.6 Å². The van der Waals surface area contributed by atoms with Crippen LogP contribution in [0, 0.1) is 11.3 Å². The maximum atomic E-state index is 12.9. The molecule has 150 valence electrons. The Bertz CT molecular complexity index is 739. The zero-order valence-corrected chi connectivity index (χ0v) is 16.4. The third kappa shape index (κ3) is 3.86. The number of hydrogen-bond donors (Lipinski definition) is 1. The number of likely N-dealkylation sites (tertiary alicyclic amines) is 2. The molecule has 2 amide bonds. The van der Waals surface area contributed by atoms with Gasteiger partial charge < -0.3 is 14.9 Å². The van der Waals surface area contributed by atoms with Gasteiger partial charge in [0.1, 0.15) is 0 Å².